The number of alkyl halides is 6. The molecule has 0 aromatic carbocycles. The number of hydrogen-bond donors (Lipinski definition) is 1. The maximum Gasteiger partial charge on any atom is 0.400 e. The predicted octanol–water partition coefficient (Wildman–Crippen LogP) is 5.23. The maximum atomic E-state index is 12.2. The van der Waals surface area contributed by atoms with Gasteiger partial charge in [-0.15, -0.1) is 0 Å². The Hall–Kier alpha value is -0.460. The molecule has 0 aliphatic heterocycles. The van der Waals surface area contributed by atoms with Crippen LogP contribution >= 0.6 is 0 Å². The Morgan fingerprint density at radius 3 is 1.30 bits per heavy atom. The molecule has 1 N–H and O–H groups in total. The molecule has 0 heterocycles. The van der Waals surface area contributed by atoms with Crippen LogP contribution in [-0.4, -0.2) is 24.1 Å². The molecule has 0 aromatic heterocycles. The van der Waals surface area contributed by atoms with E-state index in [0.29, 0.717) is 12.8 Å². The lowest BCUT2D eigenvalue weighted by Gasteiger charge is -2.22. The molecule has 0 rings (SSSR count). The average Bonchev–Trinajstić information content (AvgIpc) is 2.28. The van der Waals surface area contributed by atoms with Crippen LogP contribution in [0.4, 0.5) is 26.3 Å². The Morgan fingerprint density at radius 1 is 0.600 bits per heavy atom. The molecule has 20 heavy (non-hydrogen) atoms. The standard InChI is InChI=1S/C13H22F6O/c14-12(15,16)11(13(17,18)19)9-7-5-3-1-2-4-6-8-10-20/h11,20H,1-10H2. The first-order chi connectivity index (χ1) is 9.19. The van der Waals surface area contributed by atoms with Gasteiger partial charge in [0.15, 0.2) is 5.92 Å². The fourth-order valence-electron chi connectivity index (χ4n) is 2.03. The fraction of sp³-hybridized carbons (Fsp3) is 1.00. The summed E-state index contributed by atoms with van der Waals surface area (Å²) in [5.74, 6) is -3.19. The SMILES string of the molecule is OCCCCCCCCCCC(C(F)(F)F)C(F)(F)F. The number of halogens is 6. The van der Waals surface area contributed by atoms with E-state index in [4.69, 9.17) is 5.11 Å². The lowest BCUT2D eigenvalue weighted by molar-refractivity contribution is -0.285. The molecule has 122 valence electrons. The maximum absolute atomic E-state index is 12.2. The van der Waals surface area contributed by atoms with Gasteiger partial charge in [-0.3, -0.25) is 0 Å². The molecule has 0 atom stereocenters. The van der Waals surface area contributed by atoms with Crippen molar-refractivity contribution in [2.24, 2.45) is 5.92 Å². The molecule has 0 fully saturated rings. The lowest BCUT2D eigenvalue weighted by Crippen LogP contribution is -2.36. The highest BCUT2D eigenvalue weighted by Crippen LogP contribution is 2.42. The summed E-state index contributed by atoms with van der Waals surface area (Å²) in [5.41, 5.74) is 0. The van der Waals surface area contributed by atoms with E-state index >= 15 is 0 Å². The van der Waals surface area contributed by atoms with Crippen LogP contribution in [0.1, 0.15) is 57.8 Å². The molecule has 1 nitrogen and oxygen atoms in total. The van der Waals surface area contributed by atoms with Crippen molar-refractivity contribution in [3.63, 3.8) is 0 Å². The molecule has 0 radical (unpaired) electrons. The zero-order valence-electron chi connectivity index (χ0n) is 11.4. The van der Waals surface area contributed by atoms with Crippen LogP contribution in [-0.2, 0) is 0 Å². The van der Waals surface area contributed by atoms with Crippen molar-refractivity contribution < 1.29 is 31.4 Å². The van der Waals surface area contributed by atoms with E-state index in [1.807, 2.05) is 0 Å². The van der Waals surface area contributed by atoms with Crippen molar-refractivity contribution in [1.82, 2.24) is 0 Å². The van der Waals surface area contributed by atoms with Gasteiger partial charge < -0.3 is 5.11 Å². The number of aliphatic hydroxyl groups is 1. The smallest absolute Gasteiger partial charge is 0.396 e. The Bertz CT molecular complexity index is 222. The average molecular weight is 308 g/mol. The van der Waals surface area contributed by atoms with Crippen molar-refractivity contribution >= 4 is 0 Å². The van der Waals surface area contributed by atoms with Crippen LogP contribution in [0.15, 0.2) is 0 Å². The lowest BCUT2D eigenvalue weighted by atomic mass is 9.99. The molecule has 0 spiro atoms. The van der Waals surface area contributed by atoms with Crippen LogP contribution in [0, 0.1) is 5.92 Å². The van der Waals surface area contributed by atoms with Gasteiger partial charge in [0, 0.05) is 6.61 Å². The van der Waals surface area contributed by atoms with E-state index in [-0.39, 0.29) is 13.0 Å². The quantitative estimate of drug-likeness (QED) is 0.433. The minimum Gasteiger partial charge on any atom is -0.396 e. The summed E-state index contributed by atoms with van der Waals surface area (Å²) in [6, 6.07) is 0. The van der Waals surface area contributed by atoms with E-state index in [1.165, 1.54) is 0 Å². The molecule has 0 bridgehead atoms. The molecule has 0 aliphatic carbocycles. The second-order valence-corrected chi connectivity index (χ2v) is 4.98. The summed E-state index contributed by atoms with van der Waals surface area (Å²) >= 11 is 0. The van der Waals surface area contributed by atoms with Crippen LogP contribution < -0.4 is 0 Å². The topological polar surface area (TPSA) is 20.2 Å². The third-order valence-corrected chi connectivity index (χ3v) is 3.19. The zero-order valence-corrected chi connectivity index (χ0v) is 11.4. The molecule has 7 heteroatoms. The van der Waals surface area contributed by atoms with E-state index in [9.17, 15) is 26.3 Å². The predicted molar refractivity (Wildman–Crippen MR) is 64.2 cm³/mol. The minimum absolute atomic E-state index is 0.0552. The highest BCUT2D eigenvalue weighted by atomic mass is 19.4. The molecular weight excluding hydrogens is 286 g/mol. The summed E-state index contributed by atoms with van der Waals surface area (Å²) in [4.78, 5) is 0. The van der Waals surface area contributed by atoms with Crippen LogP contribution in [0.2, 0.25) is 0 Å². The summed E-state index contributed by atoms with van der Waals surface area (Å²) in [6.07, 6.45) is -6.00. The summed E-state index contributed by atoms with van der Waals surface area (Å²) in [5, 5.41) is 8.54. The molecule has 0 aliphatic rings. The number of aliphatic hydroxyl groups excluding tert-OH is 1. The highest BCUT2D eigenvalue weighted by molar-refractivity contribution is 4.75. The Balaban J connectivity index is 3.71. The second-order valence-electron chi connectivity index (χ2n) is 4.98. The first kappa shape index (κ1) is 19.5. The summed E-state index contributed by atoms with van der Waals surface area (Å²) < 4.78 is 73.3. The van der Waals surface area contributed by atoms with Crippen molar-refractivity contribution in [1.29, 1.82) is 0 Å². The Labute approximate surface area is 115 Å². The normalized spacial score (nSPS) is 13.2. The highest BCUT2D eigenvalue weighted by Gasteiger charge is 2.55. The Kier molecular flexibility index (Phi) is 9.25. The summed E-state index contributed by atoms with van der Waals surface area (Å²) in [6.45, 7) is 0.149. The number of hydrogen-bond acceptors (Lipinski definition) is 1. The van der Waals surface area contributed by atoms with Crippen molar-refractivity contribution in [3.05, 3.63) is 0 Å². The van der Waals surface area contributed by atoms with Crippen molar-refractivity contribution in [3.8, 4) is 0 Å². The van der Waals surface area contributed by atoms with Crippen LogP contribution in [0.5, 0.6) is 0 Å². The second kappa shape index (κ2) is 9.47. The fourth-order valence-corrected chi connectivity index (χ4v) is 2.03. The van der Waals surface area contributed by atoms with Gasteiger partial charge in [0.1, 0.15) is 0 Å². The van der Waals surface area contributed by atoms with Gasteiger partial charge >= 0.3 is 12.4 Å². The minimum atomic E-state index is -5.21. The first-order valence-corrected chi connectivity index (χ1v) is 6.94. The van der Waals surface area contributed by atoms with Gasteiger partial charge in [0.25, 0.3) is 0 Å². The van der Waals surface area contributed by atoms with E-state index < -0.39 is 24.7 Å². The molecule has 0 aromatic rings. The zero-order chi connectivity index (χ0) is 15.6. The van der Waals surface area contributed by atoms with Gasteiger partial charge in [0.2, 0.25) is 0 Å². The van der Waals surface area contributed by atoms with E-state index in [1.54, 1.807) is 0 Å². The first-order valence-electron chi connectivity index (χ1n) is 6.94. The molecule has 0 amide bonds. The van der Waals surface area contributed by atoms with Gasteiger partial charge in [-0.25, -0.2) is 0 Å². The largest absolute Gasteiger partial charge is 0.400 e. The number of unbranched alkanes of at least 4 members (excludes halogenated alkanes) is 7. The monoisotopic (exact) mass is 308 g/mol. The third kappa shape index (κ3) is 9.44. The van der Waals surface area contributed by atoms with Gasteiger partial charge in [-0.1, -0.05) is 44.9 Å². The summed E-state index contributed by atoms with van der Waals surface area (Å²) in [7, 11) is 0. The van der Waals surface area contributed by atoms with E-state index in [2.05, 4.69) is 0 Å². The molecule has 0 saturated heterocycles. The van der Waals surface area contributed by atoms with Gasteiger partial charge in [-0.2, -0.15) is 26.3 Å². The van der Waals surface area contributed by atoms with Gasteiger partial charge in [0.05, 0.1) is 0 Å². The van der Waals surface area contributed by atoms with Gasteiger partial charge in [-0.05, 0) is 12.8 Å². The van der Waals surface area contributed by atoms with Crippen LogP contribution in [0.25, 0.3) is 0 Å². The third-order valence-electron chi connectivity index (χ3n) is 3.19. The molecule has 0 unspecified atom stereocenters. The van der Waals surface area contributed by atoms with E-state index in [0.717, 1.165) is 32.1 Å². The van der Waals surface area contributed by atoms with Crippen molar-refractivity contribution in [2.75, 3.05) is 6.61 Å². The molecular formula is C13H22F6O. The molecule has 0 saturated carbocycles. The van der Waals surface area contributed by atoms with Crippen LogP contribution in [0.3, 0.4) is 0 Å². The Morgan fingerprint density at radius 2 is 0.950 bits per heavy atom. The number of rotatable bonds is 10. The van der Waals surface area contributed by atoms with Crippen molar-refractivity contribution in [2.45, 2.75) is 70.1 Å².